The van der Waals surface area contributed by atoms with Crippen LogP contribution < -0.4 is 0 Å². The van der Waals surface area contributed by atoms with Crippen LogP contribution >= 0.6 is 0 Å². The first-order valence-corrected chi connectivity index (χ1v) is 9.72. The Hall–Kier alpha value is -2.59. The number of hydrogen-bond donors (Lipinski definition) is 0. The van der Waals surface area contributed by atoms with Crippen molar-refractivity contribution < 1.29 is 4.79 Å². The van der Waals surface area contributed by atoms with Gasteiger partial charge in [0, 0.05) is 24.9 Å². The maximum absolute atomic E-state index is 11.6. The molecule has 27 heavy (non-hydrogen) atoms. The highest BCUT2D eigenvalue weighted by molar-refractivity contribution is 5.92. The van der Waals surface area contributed by atoms with Crippen molar-refractivity contribution in [2.24, 2.45) is 0 Å². The van der Waals surface area contributed by atoms with Crippen LogP contribution in [-0.2, 0) is 6.42 Å². The quantitative estimate of drug-likeness (QED) is 0.628. The van der Waals surface area contributed by atoms with E-state index in [4.69, 9.17) is 4.98 Å². The van der Waals surface area contributed by atoms with E-state index in [1.807, 2.05) is 18.2 Å². The Balaban J connectivity index is 1.55. The number of aromatic nitrogens is 2. The van der Waals surface area contributed by atoms with Gasteiger partial charge in [0.15, 0.2) is 5.78 Å². The van der Waals surface area contributed by atoms with Gasteiger partial charge in [0.2, 0.25) is 0 Å². The van der Waals surface area contributed by atoms with E-state index in [0.29, 0.717) is 11.7 Å². The molecule has 4 heteroatoms. The fourth-order valence-electron chi connectivity index (χ4n) is 3.84. The minimum atomic E-state index is -0.0328. The average molecular weight is 359 g/mol. The lowest BCUT2D eigenvalue weighted by Gasteiger charge is -2.20. The van der Waals surface area contributed by atoms with E-state index < -0.39 is 0 Å². The smallest absolute Gasteiger partial charge is 0.178 e. The number of hydrogen-bond acceptors (Lipinski definition) is 4. The molecule has 2 aromatic heterocycles. The largest absolute Gasteiger partial charge is 0.300 e. The molecule has 0 N–H and O–H groups in total. The fourth-order valence-corrected chi connectivity index (χ4v) is 3.84. The highest BCUT2D eigenvalue weighted by Gasteiger charge is 2.19. The minimum absolute atomic E-state index is 0.0328. The van der Waals surface area contributed by atoms with Gasteiger partial charge in [-0.05, 0) is 68.6 Å². The summed E-state index contributed by atoms with van der Waals surface area (Å²) >= 11 is 0. The summed E-state index contributed by atoms with van der Waals surface area (Å²) in [5.41, 5.74) is 4.32. The van der Waals surface area contributed by atoms with Gasteiger partial charge in [0.1, 0.15) is 5.69 Å². The summed E-state index contributed by atoms with van der Waals surface area (Å²) in [6, 6.07) is 16.8. The van der Waals surface area contributed by atoms with Crippen molar-refractivity contribution >= 4 is 16.7 Å². The van der Waals surface area contributed by atoms with Crippen molar-refractivity contribution in [3.8, 4) is 11.4 Å². The number of pyridine rings is 2. The predicted octanol–water partition coefficient (Wildman–Crippen LogP) is 4.53. The lowest BCUT2D eigenvalue weighted by Crippen LogP contribution is -2.28. The van der Waals surface area contributed by atoms with Gasteiger partial charge in [-0.15, -0.1) is 0 Å². The number of Topliss-reactive ketones (excluding diaryl/α,β-unsaturated/α-hetero) is 1. The number of carbonyl (C=O) groups excluding carboxylic acids is 1. The van der Waals surface area contributed by atoms with Crippen LogP contribution in [0, 0.1) is 0 Å². The van der Waals surface area contributed by atoms with E-state index in [2.05, 4.69) is 41.1 Å². The van der Waals surface area contributed by atoms with Gasteiger partial charge in [-0.25, -0.2) is 9.97 Å². The first kappa shape index (κ1) is 17.8. The molecule has 0 spiro atoms. The first-order chi connectivity index (χ1) is 13.1. The molecule has 4 rings (SSSR count). The molecule has 138 valence electrons. The molecule has 1 aromatic carbocycles. The molecule has 3 heterocycles. The SMILES string of the molecule is CC(=O)c1cccc(-c2ccc3cc(CCN4CCC[C@@H]4C)ccc3n2)n1. The maximum Gasteiger partial charge on any atom is 0.178 e. The molecule has 1 saturated heterocycles. The van der Waals surface area contributed by atoms with Gasteiger partial charge in [-0.1, -0.05) is 18.2 Å². The number of ketones is 1. The third-order valence-electron chi connectivity index (χ3n) is 5.50. The Kier molecular flexibility index (Phi) is 4.99. The topological polar surface area (TPSA) is 46.1 Å². The van der Waals surface area contributed by atoms with Gasteiger partial charge in [0.05, 0.1) is 16.9 Å². The average Bonchev–Trinajstić information content (AvgIpc) is 3.10. The number of nitrogens with zero attached hydrogens (tertiary/aromatic N) is 3. The molecule has 0 aliphatic carbocycles. The molecule has 0 radical (unpaired) electrons. The molecule has 1 aliphatic rings. The molecule has 1 fully saturated rings. The number of benzene rings is 1. The summed E-state index contributed by atoms with van der Waals surface area (Å²) in [6.07, 6.45) is 3.72. The Morgan fingerprint density at radius 1 is 1.11 bits per heavy atom. The summed E-state index contributed by atoms with van der Waals surface area (Å²) < 4.78 is 0. The zero-order valence-corrected chi connectivity index (χ0v) is 16.0. The van der Waals surface area contributed by atoms with E-state index in [0.717, 1.165) is 35.3 Å². The second-order valence-corrected chi connectivity index (χ2v) is 7.47. The molecule has 1 atom stereocenters. The van der Waals surface area contributed by atoms with Gasteiger partial charge in [-0.2, -0.15) is 0 Å². The Morgan fingerprint density at radius 2 is 1.96 bits per heavy atom. The first-order valence-electron chi connectivity index (χ1n) is 9.72. The van der Waals surface area contributed by atoms with Crippen LogP contribution in [0.25, 0.3) is 22.3 Å². The Morgan fingerprint density at radius 3 is 2.74 bits per heavy atom. The molecular weight excluding hydrogens is 334 g/mol. The minimum Gasteiger partial charge on any atom is -0.300 e. The van der Waals surface area contributed by atoms with Crippen LogP contribution in [0.2, 0.25) is 0 Å². The zero-order chi connectivity index (χ0) is 18.8. The number of rotatable bonds is 5. The third kappa shape index (κ3) is 3.91. The van der Waals surface area contributed by atoms with Crippen LogP contribution in [0.4, 0.5) is 0 Å². The molecule has 0 saturated carbocycles. The van der Waals surface area contributed by atoms with Crippen LogP contribution in [0.5, 0.6) is 0 Å². The van der Waals surface area contributed by atoms with Crippen LogP contribution in [0.3, 0.4) is 0 Å². The number of carbonyl (C=O) groups is 1. The second-order valence-electron chi connectivity index (χ2n) is 7.47. The van der Waals surface area contributed by atoms with Gasteiger partial charge >= 0.3 is 0 Å². The number of likely N-dealkylation sites (tertiary alicyclic amines) is 1. The van der Waals surface area contributed by atoms with E-state index in [-0.39, 0.29) is 5.78 Å². The summed E-state index contributed by atoms with van der Waals surface area (Å²) in [5.74, 6) is -0.0328. The Labute approximate surface area is 160 Å². The van der Waals surface area contributed by atoms with Crippen molar-refractivity contribution in [2.75, 3.05) is 13.1 Å². The van der Waals surface area contributed by atoms with Crippen molar-refractivity contribution in [3.63, 3.8) is 0 Å². The highest BCUT2D eigenvalue weighted by atomic mass is 16.1. The van der Waals surface area contributed by atoms with E-state index in [9.17, 15) is 4.79 Å². The monoisotopic (exact) mass is 359 g/mol. The lowest BCUT2D eigenvalue weighted by atomic mass is 10.1. The van der Waals surface area contributed by atoms with Crippen molar-refractivity contribution in [3.05, 3.63) is 59.8 Å². The van der Waals surface area contributed by atoms with Crippen molar-refractivity contribution in [1.82, 2.24) is 14.9 Å². The molecule has 0 amide bonds. The van der Waals surface area contributed by atoms with Gasteiger partial charge in [0.25, 0.3) is 0 Å². The van der Waals surface area contributed by atoms with Crippen LogP contribution in [-0.4, -0.2) is 39.8 Å². The number of fused-ring (bicyclic) bond motifs is 1. The van der Waals surface area contributed by atoms with Gasteiger partial charge < -0.3 is 4.90 Å². The van der Waals surface area contributed by atoms with Crippen molar-refractivity contribution in [1.29, 1.82) is 0 Å². The molecule has 0 bridgehead atoms. The summed E-state index contributed by atoms with van der Waals surface area (Å²) in [5, 5.41) is 1.15. The Bertz CT molecular complexity index is 982. The van der Waals surface area contributed by atoms with Crippen molar-refractivity contribution in [2.45, 2.75) is 39.2 Å². The van der Waals surface area contributed by atoms with Crippen LogP contribution in [0.1, 0.15) is 42.7 Å². The van der Waals surface area contributed by atoms with E-state index in [1.165, 1.54) is 31.9 Å². The summed E-state index contributed by atoms with van der Waals surface area (Å²) in [6.45, 7) is 6.21. The molecule has 4 nitrogen and oxygen atoms in total. The second kappa shape index (κ2) is 7.57. The zero-order valence-electron chi connectivity index (χ0n) is 16.0. The van der Waals surface area contributed by atoms with E-state index in [1.54, 1.807) is 6.07 Å². The molecule has 3 aromatic rings. The summed E-state index contributed by atoms with van der Waals surface area (Å²) in [7, 11) is 0. The van der Waals surface area contributed by atoms with Crippen LogP contribution in [0.15, 0.2) is 48.5 Å². The highest BCUT2D eigenvalue weighted by Crippen LogP contribution is 2.22. The van der Waals surface area contributed by atoms with E-state index >= 15 is 0 Å². The summed E-state index contributed by atoms with van der Waals surface area (Å²) in [4.78, 5) is 23.3. The standard InChI is InChI=1S/C23H25N3O/c1-16-5-4-13-26(16)14-12-18-8-10-21-19(15-18)9-11-23(25-21)22-7-3-6-20(24-22)17(2)27/h3,6-11,15-16H,4-5,12-14H2,1-2H3/t16-/m0/s1. The fraction of sp³-hybridized carbons (Fsp3) is 0.348. The molecular formula is C23H25N3O. The third-order valence-corrected chi connectivity index (χ3v) is 5.50. The van der Waals surface area contributed by atoms with Gasteiger partial charge in [-0.3, -0.25) is 4.79 Å². The predicted molar refractivity (Wildman–Crippen MR) is 109 cm³/mol. The normalized spacial score (nSPS) is 17.5. The molecule has 1 aliphatic heterocycles. The lowest BCUT2D eigenvalue weighted by molar-refractivity contribution is 0.101. The maximum atomic E-state index is 11.6. The molecule has 0 unspecified atom stereocenters.